The van der Waals surface area contributed by atoms with Crippen molar-refractivity contribution < 1.29 is 17.9 Å². The standard InChI is InChI=1S/C15H16ClN5O4S2.C4H10/c1-21(2)27(23,24)12-5-3-4-11(13(12)22)18-15-14(19-26-20-15)17-7-10-6-9(16)8-25-10;1-4(2)3/h3-6,8,22H,7H2,1-2H3,(H,17,19)(H,18,20);4H,1-3H3. The van der Waals surface area contributed by atoms with Crippen molar-refractivity contribution in [3.05, 3.63) is 41.3 Å². The van der Waals surface area contributed by atoms with Crippen LogP contribution in [-0.4, -0.2) is 40.7 Å². The average molecular weight is 488 g/mol. The van der Waals surface area contributed by atoms with E-state index in [4.69, 9.17) is 16.0 Å². The van der Waals surface area contributed by atoms with E-state index in [0.29, 0.717) is 29.0 Å². The lowest BCUT2D eigenvalue weighted by Gasteiger charge is -2.15. The van der Waals surface area contributed by atoms with Crippen LogP contribution in [-0.2, 0) is 16.6 Å². The van der Waals surface area contributed by atoms with Gasteiger partial charge in [0.25, 0.3) is 0 Å². The lowest BCUT2D eigenvalue weighted by Crippen LogP contribution is -2.22. The number of halogens is 1. The SMILES string of the molecule is CC(C)C.CN(C)S(=O)(=O)c1cccc(Nc2nsnc2NCc2cc(Cl)co2)c1O. The van der Waals surface area contributed by atoms with Gasteiger partial charge in [-0.05, 0) is 18.1 Å². The number of nitrogens with zero attached hydrogens (tertiary/aromatic N) is 3. The Bertz CT molecular complexity index is 1090. The van der Waals surface area contributed by atoms with Gasteiger partial charge in [0.1, 0.15) is 16.9 Å². The molecular formula is C19H26ClN5O4S2. The predicted octanol–water partition coefficient (Wildman–Crippen LogP) is 4.76. The van der Waals surface area contributed by atoms with Gasteiger partial charge < -0.3 is 20.2 Å². The maximum absolute atomic E-state index is 12.3. The Balaban J connectivity index is 0.000000785. The molecule has 0 aliphatic carbocycles. The molecule has 31 heavy (non-hydrogen) atoms. The number of aromatic hydroxyl groups is 1. The minimum absolute atomic E-state index is 0.190. The first-order valence-corrected chi connectivity index (χ1v) is 11.9. The maximum atomic E-state index is 12.3. The summed E-state index contributed by atoms with van der Waals surface area (Å²) in [6.45, 7) is 6.83. The van der Waals surface area contributed by atoms with Crippen LogP contribution in [0.25, 0.3) is 0 Å². The van der Waals surface area contributed by atoms with E-state index in [0.717, 1.165) is 22.0 Å². The molecule has 0 aliphatic rings. The lowest BCUT2D eigenvalue weighted by molar-refractivity contribution is 0.454. The second-order valence-electron chi connectivity index (χ2n) is 7.34. The second-order valence-corrected chi connectivity index (χ2v) is 10.4. The minimum atomic E-state index is -3.79. The van der Waals surface area contributed by atoms with Gasteiger partial charge in [-0.2, -0.15) is 8.75 Å². The van der Waals surface area contributed by atoms with Gasteiger partial charge in [-0.3, -0.25) is 0 Å². The molecule has 9 nitrogen and oxygen atoms in total. The summed E-state index contributed by atoms with van der Waals surface area (Å²) in [6.07, 6.45) is 1.42. The van der Waals surface area contributed by atoms with E-state index in [1.807, 2.05) is 0 Å². The molecule has 0 unspecified atom stereocenters. The first-order chi connectivity index (χ1) is 14.5. The largest absolute Gasteiger partial charge is 0.504 e. The molecule has 2 heterocycles. The summed E-state index contributed by atoms with van der Waals surface area (Å²) in [4.78, 5) is -0.208. The molecule has 3 N–H and O–H groups in total. The molecule has 170 valence electrons. The molecule has 3 rings (SSSR count). The number of para-hydroxylation sites is 1. The summed E-state index contributed by atoms with van der Waals surface area (Å²) in [7, 11) is -1.01. The fourth-order valence-electron chi connectivity index (χ4n) is 2.16. The third-order valence-corrected chi connectivity index (χ3v) is 6.12. The summed E-state index contributed by atoms with van der Waals surface area (Å²) < 4.78 is 39.2. The Morgan fingerprint density at radius 3 is 2.45 bits per heavy atom. The lowest BCUT2D eigenvalue weighted by atomic mass is 10.3. The Kier molecular flexibility index (Phi) is 8.69. The highest BCUT2D eigenvalue weighted by atomic mass is 35.5. The second kappa shape index (κ2) is 10.8. The number of benzene rings is 1. The van der Waals surface area contributed by atoms with Crippen LogP contribution in [0.3, 0.4) is 0 Å². The number of anilines is 3. The van der Waals surface area contributed by atoms with Crippen LogP contribution in [0, 0.1) is 5.92 Å². The normalized spacial score (nSPS) is 11.4. The maximum Gasteiger partial charge on any atom is 0.246 e. The van der Waals surface area contributed by atoms with Crippen molar-refractivity contribution in [2.45, 2.75) is 32.2 Å². The van der Waals surface area contributed by atoms with Crippen LogP contribution in [0.1, 0.15) is 26.5 Å². The van der Waals surface area contributed by atoms with Gasteiger partial charge >= 0.3 is 0 Å². The van der Waals surface area contributed by atoms with Crippen molar-refractivity contribution in [3.8, 4) is 5.75 Å². The third kappa shape index (κ3) is 6.82. The first-order valence-electron chi connectivity index (χ1n) is 9.33. The van der Waals surface area contributed by atoms with Gasteiger partial charge in [0, 0.05) is 20.2 Å². The molecule has 3 aromatic rings. The molecule has 0 saturated heterocycles. The number of nitrogens with one attached hydrogen (secondary N) is 2. The highest BCUT2D eigenvalue weighted by molar-refractivity contribution is 7.89. The van der Waals surface area contributed by atoms with Crippen LogP contribution in [0.4, 0.5) is 17.3 Å². The number of rotatable bonds is 7. The molecule has 2 aromatic heterocycles. The molecule has 0 radical (unpaired) electrons. The monoisotopic (exact) mass is 487 g/mol. The van der Waals surface area contributed by atoms with Crippen molar-refractivity contribution >= 4 is 50.7 Å². The fraction of sp³-hybridized carbons (Fsp3) is 0.368. The predicted molar refractivity (Wildman–Crippen MR) is 124 cm³/mol. The van der Waals surface area contributed by atoms with Gasteiger partial charge in [0.2, 0.25) is 10.0 Å². The van der Waals surface area contributed by atoms with Crippen LogP contribution >= 0.6 is 23.3 Å². The summed E-state index contributed by atoms with van der Waals surface area (Å²) >= 11 is 6.77. The Hall–Kier alpha value is -2.34. The van der Waals surface area contributed by atoms with Crippen LogP contribution in [0.2, 0.25) is 5.02 Å². The molecule has 1 aromatic carbocycles. The van der Waals surface area contributed by atoms with Gasteiger partial charge in [-0.25, -0.2) is 12.7 Å². The summed E-state index contributed by atoms with van der Waals surface area (Å²) in [5.74, 6) is 1.81. The molecule has 0 aliphatic heterocycles. The topological polar surface area (TPSA) is 121 Å². The number of hydrogen-bond donors (Lipinski definition) is 3. The van der Waals surface area contributed by atoms with Gasteiger partial charge in [-0.1, -0.05) is 38.4 Å². The number of sulfonamides is 1. The first kappa shape index (κ1) is 24.9. The molecule has 0 saturated carbocycles. The zero-order valence-corrected chi connectivity index (χ0v) is 20.3. The molecular weight excluding hydrogens is 462 g/mol. The number of hydrogen-bond acceptors (Lipinski definition) is 9. The van der Waals surface area contributed by atoms with E-state index >= 15 is 0 Å². The molecule has 12 heteroatoms. The van der Waals surface area contributed by atoms with Crippen LogP contribution in [0.5, 0.6) is 5.75 Å². The Morgan fingerprint density at radius 1 is 1.23 bits per heavy atom. The van der Waals surface area contributed by atoms with Crippen LogP contribution < -0.4 is 10.6 Å². The molecule has 0 bridgehead atoms. The average Bonchev–Trinajstić information content (AvgIpc) is 3.29. The number of phenolic OH excluding ortho intramolecular Hbond substituents is 1. The Labute approximate surface area is 191 Å². The molecule has 0 fully saturated rings. The Morgan fingerprint density at radius 2 is 1.87 bits per heavy atom. The zero-order valence-electron chi connectivity index (χ0n) is 17.9. The van der Waals surface area contributed by atoms with Gasteiger partial charge in [0.05, 0.1) is 29.0 Å². The van der Waals surface area contributed by atoms with Crippen molar-refractivity contribution in [2.75, 3.05) is 24.7 Å². The molecule has 0 amide bonds. The van der Waals surface area contributed by atoms with Crippen molar-refractivity contribution in [1.82, 2.24) is 13.1 Å². The van der Waals surface area contributed by atoms with Gasteiger partial charge in [-0.15, -0.1) is 0 Å². The van der Waals surface area contributed by atoms with E-state index in [2.05, 4.69) is 40.2 Å². The van der Waals surface area contributed by atoms with Crippen molar-refractivity contribution in [2.24, 2.45) is 5.92 Å². The van der Waals surface area contributed by atoms with E-state index in [-0.39, 0.29) is 10.6 Å². The quantitative estimate of drug-likeness (QED) is 0.408. The van der Waals surface area contributed by atoms with Crippen LogP contribution in [0.15, 0.2) is 39.8 Å². The van der Waals surface area contributed by atoms with E-state index in [1.165, 1.54) is 32.5 Å². The molecule has 0 spiro atoms. The highest BCUT2D eigenvalue weighted by Crippen LogP contribution is 2.35. The van der Waals surface area contributed by atoms with Crippen molar-refractivity contribution in [1.29, 1.82) is 0 Å². The fourth-order valence-corrected chi connectivity index (χ4v) is 3.81. The number of phenols is 1. The molecule has 0 atom stereocenters. The van der Waals surface area contributed by atoms with E-state index < -0.39 is 15.8 Å². The summed E-state index contributed by atoms with van der Waals surface area (Å²) in [5.41, 5.74) is 0.190. The van der Waals surface area contributed by atoms with Crippen molar-refractivity contribution in [3.63, 3.8) is 0 Å². The zero-order chi connectivity index (χ0) is 23.2. The number of furan rings is 1. The number of aromatic nitrogens is 2. The summed E-state index contributed by atoms with van der Waals surface area (Å²) in [6, 6.07) is 6.06. The smallest absolute Gasteiger partial charge is 0.246 e. The van der Waals surface area contributed by atoms with E-state index in [1.54, 1.807) is 12.1 Å². The van der Waals surface area contributed by atoms with E-state index in [9.17, 15) is 13.5 Å². The minimum Gasteiger partial charge on any atom is -0.504 e. The third-order valence-electron chi connectivity index (χ3n) is 3.55. The summed E-state index contributed by atoms with van der Waals surface area (Å²) in [5, 5.41) is 16.8. The van der Waals surface area contributed by atoms with Gasteiger partial charge in [0.15, 0.2) is 17.4 Å². The highest BCUT2D eigenvalue weighted by Gasteiger charge is 2.23.